The average Bonchev–Trinajstić information content (AvgIpc) is 3.55. The van der Waals surface area contributed by atoms with Gasteiger partial charge in [-0.3, -0.25) is 4.98 Å². The summed E-state index contributed by atoms with van der Waals surface area (Å²) < 4.78 is 6.47. The zero-order valence-corrected chi connectivity index (χ0v) is 27.1. The smallest absolute Gasteiger partial charge is 0.231 e. The lowest BCUT2D eigenvalue weighted by molar-refractivity contribution is 0.473. The number of oxazole rings is 1. The highest BCUT2D eigenvalue weighted by Gasteiger charge is 2.21. The zero-order chi connectivity index (χ0) is 32.8. The predicted octanol–water partition coefficient (Wildman–Crippen LogP) is 11.7. The van der Waals surface area contributed by atoms with Crippen molar-refractivity contribution in [2.24, 2.45) is 0 Å². The minimum Gasteiger partial charge on any atom is -0.507 e. The minimum atomic E-state index is -0.0983. The summed E-state index contributed by atoms with van der Waals surface area (Å²) in [6.07, 6.45) is 1.89. The first kappa shape index (κ1) is 29.4. The third kappa shape index (κ3) is 5.31. The van der Waals surface area contributed by atoms with Crippen LogP contribution in [0, 0.1) is 0 Å². The minimum absolute atomic E-state index is 0.0983. The summed E-state index contributed by atoms with van der Waals surface area (Å²) in [7, 11) is 0. The lowest BCUT2D eigenvalue weighted by Crippen LogP contribution is -2.10. The fraction of sp³-hybridized carbons (Fsp3) is 0.0909. The van der Waals surface area contributed by atoms with Crippen LogP contribution in [0.5, 0.6) is 5.75 Å². The Balaban J connectivity index is 1.31. The first-order valence-electron chi connectivity index (χ1n) is 16.2. The van der Waals surface area contributed by atoms with E-state index in [9.17, 15) is 5.11 Å². The van der Waals surface area contributed by atoms with Crippen molar-refractivity contribution in [1.82, 2.24) is 9.97 Å². The molecule has 0 bridgehead atoms. The Bertz CT molecular complexity index is 2440. The van der Waals surface area contributed by atoms with Crippen molar-refractivity contribution >= 4 is 22.0 Å². The summed E-state index contributed by atoms with van der Waals surface area (Å²) in [5.41, 5.74) is 12.4. The number of benzene rings is 6. The molecule has 0 aliphatic carbocycles. The Kier molecular flexibility index (Phi) is 7.14. The Hall–Kier alpha value is -6.00. The number of aromatic nitrogens is 2. The summed E-state index contributed by atoms with van der Waals surface area (Å²) in [6, 6.07) is 47.7. The van der Waals surface area contributed by atoms with Crippen LogP contribution >= 0.6 is 0 Å². The number of nitrogens with zero attached hydrogens (tertiary/aromatic N) is 2. The molecule has 0 aliphatic rings. The van der Waals surface area contributed by atoms with Crippen LogP contribution in [0.25, 0.3) is 78.0 Å². The molecule has 8 rings (SSSR count). The molecule has 2 heterocycles. The van der Waals surface area contributed by atoms with Crippen LogP contribution in [-0.2, 0) is 5.41 Å². The number of hydrogen-bond acceptors (Lipinski definition) is 4. The van der Waals surface area contributed by atoms with Gasteiger partial charge in [-0.1, -0.05) is 124 Å². The van der Waals surface area contributed by atoms with E-state index in [1.807, 2.05) is 48.7 Å². The molecule has 2 aromatic heterocycles. The maximum atomic E-state index is 10.9. The van der Waals surface area contributed by atoms with E-state index < -0.39 is 0 Å². The number of phenols is 1. The number of aromatic hydroxyl groups is 1. The normalized spacial score (nSPS) is 11.7. The van der Waals surface area contributed by atoms with Gasteiger partial charge in [0, 0.05) is 22.7 Å². The second-order valence-corrected chi connectivity index (χ2v) is 13.2. The van der Waals surface area contributed by atoms with Crippen LogP contribution in [0.2, 0.25) is 0 Å². The van der Waals surface area contributed by atoms with Gasteiger partial charge in [-0.25, -0.2) is 4.98 Å². The Morgan fingerprint density at radius 1 is 0.521 bits per heavy atom. The average molecular weight is 623 g/mol. The highest BCUT2D eigenvalue weighted by molar-refractivity contribution is 6.03. The number of pyridine rings is 1. The summed E-state index contributed by atoms with van der Waals surface area (Å²) in [6.45, 7) is 6.46. The summed E-state index contributed by atoms with van der Waals surface area (Å²) in [5.74, 6) is 0.530. The SMILES string of the molecule is CC(C)(C)c1ccc(O)c(-c2nc3c(-c4cccc(-c5cccc6c(-c7ccccc7)ccnc56)c4)cc(-c4ccccc4)cc3o2)c1. The van der Waals surface area contributed by atoms with E-state index in [-0.39, 0.29) is 11.2 Å². The topological polar surface area (TPSA) is 59.2 Å². The van der Waals surface area contributed by atoms with Crippen LogP contribution in [0.1, 0.15) is 26.3 Å². The van der Waals surface area contributed by atoms with Crippen LogP contribution in [-0.4, -0.2) is 15.1 Å². The number of phenolic OH excluding ortho intramolecular Hbond substituents is 1. The zero-order valence-electron chi connectivity index (χ0n) is 27.1. The Morgan fingerprint density at radius 3 is 1.96 bits per heavy atom. The maximum absolute atomic E-state index is 10.9. The van der Waals surface area contributed by atoms with Crippen molar-refractivity contribution in [2.45, 2.75) is 26.2 Å². The number of fused-ring (bicyclic) bond motifs is 2. The standard InChI is InChI=1S/C44H34N2O2/c1-44(2,3)33-20-21-39(47)38(27-33)43-46-42-37(25-32(26-40(42)48-43)28-12-6-4-7-13-28)31-17-10-16-30(24-31)35-18-11-19-36-34(22-23-45-41(35)36)29-14-8-5-9-15-29/h4-27,47H,1-3H3. The highest BCUT2D eigenvalue weighted by Crippen LogP contribution is 2.41. The molecule has 0 spiro atoms. The van der Waals surface area contributed by atoms with E-state index in [2.05, 4.69) is 112 Å². The number of rotatable bonds is 5. The maximum Gasteiger partial charge on any atom is 0.231 e. The Labute approximate surface area is 280 Å². The lowest BCUT2D eigenvalue weighted by atomic mass is 9.86. The molecule has 0 unspecified atom stereocenters. The molecule has 4 nitrogen and oxygen atoms in total. The van der Waals surface area contributed by atoms with Crippen molar-refractivity contribution in [3.8, 4) is 61.7 Å². The van der Waals surface area contributed by atoms with Crippen molar-refractivity contribution in [3.63, 3.8) is 0 Å². The molecule has 0 aliphatic heterocycles. The second kappa shape index (κ2) is 11.7. The molecule has 1 N–H and O–H groups in total. The fourth-order valence-electron chi connectivity index (χ4n) is 6.47. The quantitative estimate of drug-likeness (QED) is 0.207. The van der Waals surface area contributed by atoms with E-state index >= 15 is 0 Å². The molecular formula is C44H34N2O2. The third-order valence-electron chi connectivity index (χ3n) is 9.04. The molecule has 48 heavy (non-hydrogen) atoms. The first-order chi connectivity index (χ1) is 23.3. The lowest BCUT2D eigenvalue weighted by Gasteiger charge is -2.19. The Morgan fingerprint density at radius 2 is 1.21 bits per heavy atom. The molecule has 6 aromatic carbocycles. The summed E-state index contributed by atoms with van der Waals surface area (Å²) >= 11 is 0. The van der Waals surface area contributed by atoms with Gasteiger partial charge in [0.05, 0.1) is 11.1 Å². The van der Waals surface area contributed by atoms with Gasteiger partial charge in [0.25, 0.3) is 0 Å². The van der Waals surface area contributed by atoms with Crippen molar-refractivity contribution in [1.29, 1.82) is 0 Å². The highest BCUT2D eigenvalue weighted by atomic mass is 16.3. The van der Waals surface area contributed by atoms with E-state index in [0.29, 0.717) is 17.0 Å². The summed E-state index contributed by atoms with van der Waals surface area (Å²) in [5, 5.41) is 12.0. The molecule has 0 amide bonds. The van der Waals surface area contributed by atoms with Gasteiger partial charge < -0.3 is 9.52 Å². The molecule has 0 fully saturated rings. The van der Waals surface area contributed by atoms with Gasteiger partial charge in [0.15, 0.2) is 5.58 Å². The van der Waals surface area contributed by atoms with Gasteiger partial charge in [-0.15, -0.1) is 0 Å². The van der Waals surface area contributed by atoms with Gasteiger partial charge in [0.1, 0.15) is 11.3 Å². The largest absolute Gasteiger partial charge is 0.507 e. The van der Waals surface area contributed by atoms with Gasteiger partial charge >= 0.3 is 0 Å². The van der Waals surface area contributed by atoms with E-state index in [1.165, 1.54) is 0 Å². The summed E-state index contributed by atoms with van der Waals surface area (Å²) in [4.78, 5) is 9.90. The van der Waals surface area contributed by atoms with E-state index in [4.69, 9.17) is 14.4 Å². The van der Waals surface area contributed by atoms with Crippen LogP contribution < -0.4 is 0 Å². The molecule has 0 saturated heterocycles. The van der Waals surface area contributed by atoms with E-state index in [0.717, 1.165) is 66.5 Å². The van der Waals surface area contributed by atoms with Gasteiger partial charge in [-0.2, -0.15) is 0 Å². The van der Waals surface area contributed by atoms with Crippen molar-refractivity contribution < 1.29 is 9.52 Å². The van der Waals surface area contributed by atoms with Crippen LogP contribution in [0.15, 0.2) is 150 Å². The predicted molar refractivity (Wildman–Crippen MR) is 197 cm³/mol. The van der Waals surface area contributed by atoms with Crippen molar-refractivity contribution in [2.75, 3.05) is 0 Å². The monoisotopic (exact) mass is 622 g/mol. The molecule has 8 aromatic rings. The van der Waals surface area contributed by atoms with E-state index in [1.54, 1.807) is 6.07 Å². The first-order valence-corrected chi connectivity index (χ1v) is 16.2. The van der Waals surface area contributed by atoms with Crippen LogP contribution in [0.4, 0.5) is 0 Å². The molecule has 232 valence electrons. The number of hydrogen-bond donors (Lipinski definition) is 1. The number of para-hydroxylation sites is 1. The molecular weight excluding hydrogens is 588 g/mol. The van der Waals surface area contributed by atoms with Gasteiger partial charge in [0.2, 0.25) is 5.89 Å². The fourth-order valence-corrected chi connectivity index (χ4v) is 6.47. The molecule has 0 saturated carbocycles. The van der Waals surface area contributed by atoms with Crippen molar-refractivity contribution in [3.05, 3.63) is 151 Å². The molecule has 4 heteroatoms. The molecule has 0 atom stereocenters. The third-order valence-corrected chi connectivity index (χ3v) is 9.04. The van der Waals surface area contributed by atoms with Gasteiger partial charge in [-0.05, 0) is 80.8 Å². The molecule has 0 radical (unpaired) electrons. The van der Waals surface area contributed by atoms with Crippen LogP contribution in [0.3, 0.4) is 0 Å². The second-order valence-electron chi connectivity index (χ2n) is 13.2.